The van der Waals surface area contributed by atoms with Gasteiger partial charge in [0.25, 0.3) is 0 Å². The maximum Gasteiger partial charge on any atom is 0.335 e. The minimum atomic E-state index is -0.521. The topological polar surface area (TPSA) is 124 Å². The lowest BCUT2D eigenvalue weighted by atomic mass is 9.82. The maximum absolute atomic E-state index is 12.8. The van der Waals surface area contributed by atoms with Crippen molar-refractivity contribution in [3.63, 3.8) is 0 Å². The molecule has 0 saturated carbocycles. The molecule has 1 aliphatic carbocycles. The molecular weight excluding hydrogens is 676 g/mol. The zero-order valence-electron chi connectivity index (χ0n) is 30.3. The third-order valence-corrected chi connectivity index (χ3v) is 8.69. The molecule has 4 aromatic rings. The number of benzene rings is 4. The molecule has 0 saturated heterocycles. The molecule has 0 N–H and O–H groups in total. The molecule has 0 bridgehead atoms. The van der Waals surface area contributed by atoms with E-state index in [9.17, 15) is 19.2 Å². The number of esters is 4. The summed E-state index contributed by atoms with van der Waals surface area (Å²) in [6.45, 7) is 13.9. The highest BCUT2D eigenvalue weighted by Gasteiger charge is 2.36. The molecule has 274 valence electrons. The van der Waals surface area contributed by atoms with Crippen molar-refractivity contribution in [2.75, 3.05) is 13.6 Å². The number of aryl methyl sites for hydroxylation is 2. The first-order valence-corrected chi connectivity index (χ1v) is 17.1. The zero-order chi connectivity index (χ0) is 38.1. The Hall–Kier alpha value is -6.16. The van der Waals surface area contributed by atoms with Crippen LogP contribution in [0.2, 0.25) is 0 Å². The molecule has 0 aromatic heterocycles. The van der Waals surface area contributed by atoms with Crippen LogP contribution < -0.4 is 18.9 Å². The zero-order valence-corrected chi connectivity index (χ0v) is 30.3. The number of carbonyl (C=O) groups excluding carboxylic acids is 4. The monoisotopic (exact) mass is 718 g/mol. The van der Waals surface area contributed by atoms with Crippen LogP contribution in [-0.2, 0) is 46.9 Å². The normalized spacial score (nSPS) is 12.1. The van der Waals surface area contributed by atoms with Crippen LogP contribution in [0.15, 0.2) is 109 Å². The first-order chi connectivity index (χ1) is 25.3. The van der Waals surface area contributed by atoms with Gasteiger partial charge in [-0.2, -0.15) is 0 Å². The number of carbonyl (C=O) groups is 4. The van der Waals surface area contributed by atoms with E-state index in [1.807, 2.05) is 48.5 Å². The van der Waals surface area contributed by atoms with Crippen LogP contribution in [0.4, 0.5) is 0 Å². The van der Waals surface area contributed by atoms with Crippen molar-refractivity contribution >= 4 is 23.9 Å². The molecule has 0 fully saturated rings. The van der Waals surface area contributed by atoms with Crippen LogP contribution in [0.3, 0.4) is 0 Å². The third kappa shape index (κ3) is 10.0. The Morgan fingerprint density at radius 1 is 0.547 bits per heavy atom. The van der Waals surface area contributed by atoms with E-state index >= 15 is 0 Å². The summed E-state index contributed by atoms with van der Waals surface area (Å²) in [4.78, 5) is 48.6. The molecule has 0 heterocycles. The highest BCUT2D eigenvalue weighted by atomic mass is 16.7. The van der Waals surface area contributed by atoms with Crippen molar-refractivity contribution in [2.24, 2.45) is 0 Å². The average molecular weight is 719 g/mol. The maximum atomic E-state index is 12.8. The molecule has 10 nitrogen and oxygen atoms in total. The first-order valence-electron chi connectivity index (χ1n) is 17.1. The van der Waals surface area contributed by atoms with E-state index in [4.69, 9.17) is 28.4 Å². The van der Waals surface area contributed by atoms with Crippen molar-refractivity contribution in [3.8, 4) is 34.1 Å². The summed E-state index contributed by atoms with van der Waals surface area (Å²) in [5, 5.41) is 0. The minimum Gasteiger partial charge on any atom is -0.457 e. The van der Waals surface area contributed by atoms with Gasteiger partial charge < -0.3 is 28.4 Å². The van der Waals surface area contributed by atoms with E-state index in [0.29, 0.717) is 47.0 Å². The molecule has 53 heavy (non-hydrogen) atoms. The predicted molar refractivity (Wildman–Crippen MR) is 198 cm³/mol. The Morgan fingerprint density at radius 2 is 0.906 bits per heavy atom. The Morgan fingerprint density at radius 3 is 1.26 bits per heavy atom. The summed E-state index contributed by atoms with van der Waals surface area (Å²) >= 11 is 0. The molecule has 5 rings (SSSR count). The first kappa shape index (κ1) is 38.1. The van der Waals surface area contributed by atoms with Gasteiger partial charge in [0.15, 0.2) is 0 Å². The Balaban J connectivity index is 1.10. The molecular formula is C43H42O10. The minimum absolute atomic E-state index is 0.181. The van der Waals surface area contributed by atoms with Crippen LogP contribution >= 0.6 is 0 Å². The van der Waals surface area contributed by atoms with Crippen LogP contribution in [0.1, 0.15) is 62.8 Å². The average Bonchev–Trinajstić information content (AvgIpc) is 3.35. The summed E-state index contributed by atoms with van der Waals surface area (Å²) < 4.78 is 32.2. The fraction of sp³-hybridized carbons (Fsp3) is 0.256. The highest BCUT2D eigenvalue weighted by molar-refractivity contribution is 5.87. The largest absolute Gasteiger partial charge is 0.457 e. The summed E-state index contributed by atoms with van der Waals surface area (Å²) in [6, 6.07) is 25.6. The van der Waals surface area contributed by atoms with Crippen LogP contribution in [-0.4, -0.2) is 37.5 Å². The predicted octanol–water partition coefficient (Wildman–Crippen LogP) is 7.98. The van der Waals surface area contributed by atoms with Gasteiger partial charge in [-0.3, -0.25) is 9.59 Å². The quantitative estimate of drug-likeness (QED) is 0.0488. The number of fused-ring (bicyclic) bond motifs is 3. The van der Waals surface area contributed by atoms with E-state index in [2.05, 4.69) is 27.0 Å². The van der Waals surface area contributed by atoms with E-state index in [1.54, 1.807) is 50.2 Å². The Kier molecular flexibility index (Phi) is 12.1. The van der Waals surface area contributed by atoms with Gasteiger partial charge in [-0.25, -0.2) is 9.59 Å². The van der Waals surface area contributed by atoms with Crippen molar-refractivity contribution < 1.29 is 47.6 Å². The van der Waals surface area contributed by atoms with Gasteiger partial charge in [-0.1, -0.05) is 63.4 Å². The summed E-state index contributed by atoms with van der Waals surface area (Å²) in [6.07, 6.45) is 1.32. The molecule has 10 heteroatoms. The van der Waals surface area contributed by atoms with Gasteiger partial charge in [-0.15, -0.1) is 0 Å². The van der Waals surface area contributed by atoms with Gasteiger partial charge >= 0.3 is 23.9 Å². The molecule has 0 unspecified atom stereocenters. The lowest BCUT2D eigenvalue weighted by Crippen LogP contribution is -2.16. The summed E-state index contributed by atoms with van der Waals surface area (Å²) in [5.74, 6) is 0.230. The third-order valence-electron chi connectivity index (χ3n) is 8.69. The molecule has 0 spiro atoms. The molecule has 0 atom stereocenters. The van der Waals surface area contributed by atoms with Crippen molar-refractivity contribution in [1.29, 1.82) is 0 Å². The second-order valence-corrected chi connectivity index (χ2v) is 13.2. The molecule has 0 aliphatic heterocycles. The fourth-order valence-electron chi connectivity index (χ4n) is 5.73. The van der Waals surface area contributed by atoms with E-state index < -0.39 is 17.4 Å². The van der Waals surface area contributed by atoms with Crippen molar-refractivity contribution in [3.05, 3.63) is 131 Å². The van der Waals surface area contributed by atoms with Gasteiger partial charge in [0.1, 0.15) is 23.0 Å². The second kappa shape index (κ2) is 16.9. The fourth-order valence-corrected chi connectivity index (χ4v) is 5.73. The van der Waals surface area contributed by atoms with Gasteiger partial charge in [0.05, 0.1) is 0 Å². The smallest absolute Gasteiger partial charge is 0.335 e. The van der Waals surface area contributed by atoms with Crippen LogP contribution in [0, 0.1) is 0 Å². The van der Waals surface area contributed by atoms with Crippen molar-refractivity contribution in [1.82, 2.24) is 0 Å². The molecule has 4 aromatic carbocycles. The van der Waals surface area contributed by atoms with Crippen LogP contribution in [0.5, 0.6) is 23.0 Å². The number of rotatable bonds is 16. The van der Waals surface area contributed by atoms with Gasteiger partial charge in [0.2, 0.25) is 13.6 Å². The lowest BCUT2D eigenvalue weighted by Gasteiger charge is -2.22. The number of ether oxygens (including phenoxy) is 6. The standard InChI is InChI=1S/C43H42O10/c1-27(2)41(46)50-25-48-31-13-7-29(8-14-31)11-21-39(44)52-33-17-19-35-36-20-18-34(24-38(36)43(5,6)37(35)23-33)53-40(45)22-12-30-9-15-32(16-10-30)49-26-51-42(47)28(3)4/h7-10,13-20,23-24H,1,3,11-12,21-22,25-26H2,2,4-6H3. The van der Waals surface area contributed by atoms with Crippen molar-refractivity contribution in [2.45, 2.75) is 58.8 Å². The van der Waals surface area contributed by atoms with E-state index in [0.717, 1.165) is 33.4 Å². The summed E-state index contributed by atoms with van der Waals surface area (Å²) in [7, 11) is 0. The second-order valence-electron chi connectivity index (χ2n) is 13.2. The highest BCUT2D eigenvalue weighted by Crippen LogP contribution is 2.50. The SMILES string of the molecule is C=C(C)C(=O)OCOc1ccc(CCC(=O)Oc2ccc3c(c2)C(C)(C)c2cc(OC(=O)CCc4ccc(OCOC(=O)C(=C)C)cc4)ccc2-3)cc1. The Bertz CT molecular complexity index is 1880. The van der Waals surface area contributed by atoms with Gasteiger partial charge in [-0.05, 0) is 109 Å². The number of hydrogen-bond acceptors (Lipinski definition) is 10. The molecule has 1 aliphatic rings. The van der Waals surface area contributed by atoms with E-state index in [1.165, 1.54) is 0 Å². The Labute approximate surface area is 308 Å². The summed E-state index contributed by atoms with van der Waals surface area (Å²) in [5.41, 5.74) is 6.08. The van der Waals surface area contributed by atoms with Crippen LogP contribution in [0.25, 0.3) is 11.1 Å². The number of hydrogen-bond donors (Lipinski definition) is 0. The van der Waals surface area contributed by atoms with E-state index in [-0.39, 0.29) is 38.4 Å². The van der Waals surface area contributed by atoms with Gasteiger partial charge in [0, 0.05) is 29.4 Å². The lowest BCUT2D eigenvalue weighted by molar-refractivity contribution is -0.146. The molecule has 0 radical (unpaired) electrons. The molecule has 0 amide bonds.